The number of benzene rings is 3. The molecule has 0 amide bonds. The molecule has 0 bridgehead atoms. The van der Waals surface area contributed by atoms with E-state index in [2.05, 4.69) is 10.0 Å². The Kier molecular flexibility index (Phi) is 7.38. The first-order valence-corrected chi connectivity index (χ1v) is 12.1. The van der Waals surface area contributed by atoms with E-state index >= 15 is 0 Å². The molecule has 1 atom stereocenters. The number of aryl methyl sites for hydroxylation is 3. The molecule has 0 aliphatic carbocycles. The Morgan fingerprint density at radius 1 is 1.00 bits per heavy atom. The van der Waals surface area contributed by atoms with Crippen LogP contribution in [0.1, 0.15) is 22.3 Å². The van der Waals surface area contributed by atoms with Gasteiger partial charge in [0.2, 0.25) is 10.0 Å². The van der Waals surface area contributed by atoms with Gasteiger partial charge in [-0.15, -0.1) is 0 Å². The summed E-state index contributed by atoms with van der Waals surface area (Å²) in [5, 5.41) is 20.2. The molecular formula is C25H28N4O4S. The van der Waals surface area contributed by atoms with Gasteiger partial charge in [-0.2, -0.15) is 4.72 Å². The molecule has 8 nitrogen and oxygen atoms in total. The molecule has 6 N–H and O–H groups in total. The number of nitrogens with one attached hydrogen (secondary N) is 3. The lowest BCUT2D eigenvalue weighted by atomic mass is 9.98. The minimum atomic E-state index is -4.11. The molecule has 0 unspecified atom stereocenters. The second kappa shape index (κ2) is 10.1. The second-order valence-corrected chi connectivity index (χ2v) is 9.87. The maximum absolute atomic E-state index is 13.1. The largest absolute Gasteiger partial charge is 0.480 e. The quantitative estimate of drug-likeness (QED) is 0.246. The summed E-state index contributed by atoms with van der Waals surface area (Å²) in [5.74, 6) is -1.63. The fourth-order valence-electron chi connectivity index (χ4n) is 4.06. The lowest BCUT2D eigenvalue weighted by Gasteiger charge is -2.20. The molecular weight excluding hydrogens is 452 g/mol. The number of guanidine groups is 1. The van der Waals surface area contributed by atoms with Crippen molar-refractivity contribution in [3.63, 3.8) is 0 Å². The van der Waals surface area contributed by atoms with Crippen molar-refractivity contribution in [2.45, 2.75) is 38.1 Å². The number of anilines is 1. The van der Waals surface area contributed by atoms with Gasteiger partial charge in [0.1, 0.15) is 6.04 Å². The van der Waals surface area contributed by atoms with Gasteiger partial charge >= 0.3 is 5.97 Å². The maximum atomic E-state index is 13.1. The highest BCUT2D eigenvalue weighted by atomic mass is 32.2. The molecule has 3 aromatic carbocycles. The van der Waals surface area contributed by atoms with Gasteiger partial charge in [-0.3, -0.25) is 10.2 Å². The average Bonchev–Trinajstić information content (AvgIpc) is 2.73. The maximum Gasteiger partial charge on any atom is 0.322 e. The van der Waals surface area contributed by atoms with Crippen LogP contribution in [0.2, 0.25) is 0 Å². The Bertz CT molecular complexity index is 1320. The van der Waals surface area contributed by atoms with E-state index in [0.29, 0.717) is 22.4 Å². The van der Waals surface area contributed by atoms with E-state index in [9.17, 15) is 18.3 Å². The number of hydrogen-bond donors (Lipinski definition) is 5. The Hall–Kier alpha value is -3.69. The molecule has 0 aromatic heterocycles. The predicted molar refractivity (Wildman–Crippen MR) is 134 cm³/mol. The third-order valence-corrected chi connectivity index (χ3v) is 7.16. The van der Waals surface area contributed by atoms with Crippen molar-refractivity contribution >= 4 is 27.6 Å². The smallest absolute Gasteiger partial charge is 0.322 e. The van der Waals surface area contributed by atoms with Gasteiger partial charge in [0.15, 0.2) is 5.96 Å². The zero-order chi connectivity index (χ0) is 25.0. The number of nitrogens with two attached hydrogens (primary N) is 1. The molecule has 0 heterocycles. The van der Waals surface area contributed by atoms with Gasteiger partial charge in [-0.05, 0) is 54.7 Å². The van der Waals surface area contributed by atoms with Crippen molar-refractivity contribution < 1.29 is 18.3 Å². The minimum absolute atomic E-state index is 0.0749. The van der Waals surface area contributed by atoms with Crippen LogP contribution < -0.4 is 15.8 Å². The van der Waals surface area contributed by atoms with Crippen molar-refractivity contribution in [3.8, 4) is 11.1 Å². The molecule has 0 aliphatic heterocycles. The number of hydrogen-bond acceptors (Lipinski definition) is 4. The zero-order valence-corrected chi connectivity index (χ0v) is 20.0. The lowest BCUT2D eigenvalue weighted by molar-refractivity contribution is -0.138. The van der Waals surface area contributed by atoms with Crippen molar-refractivity contribution in [2.24, 2.45) is 5.73 Å². The van der Waals surface area contributed by atoms with Crippen molar-refractivity contribution in [2.75, 3.05) is 5.32 Å². The number of rotatable bonds is 8. The van der Waals surface area contributed by atoms with Gasteiger partial charge in [0, 0.05) is 12.1 Å². The van der Waals surface area contributed by atoms with E-state index in [0.717, 1.165) is 16.7 Å². The Balaban J connectivity index is 1.96. The summed E-state index contributed by atoms with van der Waals surface area (Å²) in [4.78, 5) is 12.1. The molecule has 0 spiro atoms. The van der Waals surface area contributed by atoms with E-state index in [1.807, 2.05) is 43.3 Å². The van der Waals surface area contributed by atoms with Crippen LogP contribution in [0.5, 0.6) is 0 Å². The Morgan fingerprint density at radius 3 is 2.18 bits per heavy atom. The number of carboxylic acids is 1. The van der Waals surface area contributed by atoms with Crippen molar-refractivity contribution in [1.29, 1.82) is 5.41 Å². The molecule has 0 aliphatic rings. The summed E-state index contributed by atoms with van der Waals surface area (Å²) in [6, 6.07) is 16.9. The van der Waals surface area contributed by atoms with Gasteiger partial charge in [-0.1, -0.05) is 60.2 Å². The van der Waals surface area contributed by atoms with Crippen LogP contribution in [0, 0.1) is 26.2 Å². The summed E-state index contributed by atoms with van der Waals surface area (Å²) in [7, 11) is -4.11. The average molecular weight is 481 g/mol. The first-order chi connectivity index (χ1) is 16.0. The van der Waals surface area contributed by atoms with Crippen LogP contribution in [0.4, 0.5) is 5.69 Å². The van der Waals surface area contributed by atoms with Crippen molar-refractivity contribution in [1.82, 2.24) is 4.72 Å². The van der Waals surface area contributed by atoms with Crippen LogP contribution in [-0.2, 0) is 21.2 Å². The molecule has 3 rings (SSSR count). The highest BCUT2D eigenvalue weighted by Crippen LogP contribution is 2.27. The number of carboxylic acid groups (broad SMARTS) is 1. The highest BCUT2D eigenvalue weighted by Gasteiger charge is 2.29. The standard InChI is InChI=1S/C25H28N4O4S/c1-15-11-16(2)23(17(3)12-15)34(32,33)29-22(24(30)31)14-20-10-9-19(13-21(20)28-25(26)27)18-7-5-4-6-8-18/h4-13,22,29H,14H2,1-3H3,(H,30,31)(H4,26,27,28)/t22-/m1/s1. The van der Waals surface area contributed by atoms with Gasteiger partial charge in [-0.25, -0.2) is 8.42 Å². The van der Waals surface area contributed by atoms with Gasteiger partial charge in [0.25, 0.3) is 0 Å². The SMILES string of the molecule is Cc1cc(C)c(S(=O)(=O)N[C@H](Cc2ccc(-c3ccccc3)cc2NC(=N)N)C(=O)O)c(C)c1. The fraction of sp³-hybridized carbons (Fsp3) is 0.200. The van der Waals surface area contributed by atoms with E-state index in [-0.39, 0.29) is 17.3 Å². The molecule has 0 radical (unpaired) electrons. The van der Waals surface area contributed by atoms with Gasteiger partial charge < -0.3 is 16.2 Å². The Labute approximate surface area is 199 Å². The summed E-state index contributed by atoms with van der Waals surface area (Å²) >= 11 is 0. The van der Waals surface area contributed by atoms with Crippen LogP contribution in [0.25, 0.3) is 11.1 Å². The predicted octanol–water partition coefficient (Wildman–Crippen LogP) is 3.56. The number of sulfonamides is 1. The van der Waals surface area contributed by atoms with E-state index in [1.54, 1.807) is 38.1 Å². The molecule has 178 valence electrons. The topological polar surface area (TPSA) is 145 Å². The monoisotopic (exact) mass is 480 g/mol. The third-order valence-electron chi connectivity index (χ3n) is 5.38. The van der Waals surface area contributed by atoms with Crippen LogP contribution >= 0.6 is 0 Å². The highest BCUT2D eigenvalue weighted by molar-refractivity contribution is 7.89. The summed E-state index contributed by atoms with van der Waals surface area (Å²) < 4.78 is 28.6. The summed E-state index contributed by atoms with van der Waals surface area (Å²) in [5.41, 5.74) is 10.2. The van der Waals surface area contributed by atoms with Gasteiger partial charge in [0.05, 0.1) is 4.90 Å². The van der Waals surface area contributed by atoms with Crippen LogP contribution in [-0.4, -0.2) is 31.5 Å². The van der Waals surface area contributed by atoms with E-state index < -0.39 is 22.0 Å². The lowest BCUT2D eigenvalue weighted by Crippen LogP contribution is -2.42. The van der Waals surface area contributed by atoms with E-state index in [4.69, 9.17) is 11.1 Å². The van der Waals surface area contributed by atoms with Crippen molar-refractivity contribution in [3.05, 3.63) is 82.9 Å². The first kappa shape index (κ1) is 24.9. The molecule has 0 fully saturated rings. The van der Waals surface area contributed by atoms with E-state index in [1.165, 1.54) is 0 Å². The summed E-state index contributed by atoms with van der Waals surface area (Å²) in [6.07, 6.45) is -0.150. The first-order valence-electron chi connectivity index (χ1n) is 10.6. The molecule has 0 saturated heterocycles. The second-order valence-electron chi connectivity index (χ2n) is 8.22. The molecule has 0 saturated carbocycles. The molecule has 3 aromatic rings. The fourth-order valence-corrected chi connectivity index (χ4v) is 5.70. The Morgan fingerprint density at radius 2 is 1.62 bits per heavy atom. The van der Waals surface area contributed by atoms with Crippen LogP contribution in [0.15, 0.2) is 65.6 Å². The summed E-state index contributed by atoms with van der Waals surface area (Å²) in [6.45, 7) is 5.23. The zero-order valence-electron chi connectivity index (χ0n) is 19.2. The molecule has 9 heteroatoms. The third kappa shape index (κ3) is 5.81. The van der Waals surface area contributed by atoms with Crippen LogP contribution in [0.3, 0.4) is 0 Å². The number of carbonyl (C=O) groups is 1. The molecule has 34 heavy (non-hydrogen) atoms. The minimum Gasteiger partial charge on any atom is -0.480 e. The number of aliphatic carboxylic acids is 1. The normalized spacial score (nSPS) is 12.2.